The Labute approximate surface area is 120 Å². The number of hydrogen-bond acceptors (Lipinski definition) is 4. The van der Waals surface area contributed by atoms with Crippen molar-refractivity contribution in [2.45, 2.75) is 62.9 Å². The summed E-state index contributed by atoms with van der Waals surface area (Å²) >= 11 is 1.84. The lowest BCUT2D eigenvalue weighted by Gasteiger charge is -2.42. The molecule has 1 saturated carbocycles. The van der Waals surface area contributed by atoms with Crippen LogP contribution in [0.25, 0.3) is 0 Å². The molecule has 0 bridgehead atoms. The van der Waals surface area contributed by atoms with Gasteiger partial charge in [-0.25, -0.2) is 4.98 Å². The van der Waals surface area contributed by atoms with Gasteiger partial charge in [0.15, 0.2) is 5.16 Å². The molecule has 1 aromatic heterocycles. The van der Waals surface area contributed by atoms with Crippen LogP contribution in [-0.2, 0) is 0 Å². The summed E-state index contributed by atoms with van der Waals surface area (Å²) in [7, 11) is 2.07. The first-order valence-electron chi connectivity index (χ1n) is 7.26. The fourth-order valence-electron chi connectivity index (χ4n) is 2.98. The molecule has 2 rings (SSSR count). The van der Waals surface area contributed by atoms with Crippen molar-refractivity contribution >= 4 is 11.8 Å². The summed E-state index contributed by atoms with van der Waals surface area (Å²) in [6.45, 7) is 7.13. The highest BCUT2D eigenvalue weighted by Crippen LogP contribution is 2.44. The van der Waals surface area contributed by atoms with Crippen LogP contribution in [0.15, 0.2) is 11.5 Å². The van der Waals surface area contributed by atoms with Gasteiger partial charge in [0.2, 0.25) is 0 Å². The smallest absolute Gasteiger partial charge is 0.183 e. The van der Waals surface area contributed by atoms with Gasteiger partial charge in [-0.2, -0.15) is 5.10 Å². The van der Waals surface area contributed by atoms with Crippen LogP contribution in [0.5, 0.6) is 0 Å². The molecule has 1 heterocycles. The van der Waals surface area contributed by atoms with Crippen molar-refractivity contribution in [1.82, 2.24) is 20.5 Å². The molecule has 1 aliphatic carbocycles. The zero-order valence-electron chi connectivity index (χ0n) is 12.4. The van der Waals surface area contributed by atoms with E-state index < -0.39 is 0 Å². The fourth-order valence-corrected chi connectivity index (χ4v) is 4.25. The summed E-state index contributed by atoms with van der Waals surface area (Å²) in [5, 5.41) is 11.9. The van der Waals surface area contributed by atoms with Crippen LogP contribution in [0.4, 0.5) is 0 Å². The van der Waals surface area contributed by atoms with E-state index in [4.69, 9.17) is 0 Å². The van der Waals surface area contributed by atoms with Crippen LogP contribution >= 0.6 is 11.8 Å². The van der Waals surface area contributed by atoms with Crippen molar-refractivity contribution in [3.05, 3.63) is 6.33 Å². The second-order valence-electron chi connectivity index (χ2n) is 6.19. The predicted molar refractivity (Wildman–Crippen MR) is 80.3 cm³/mol. The van der Waals surface area contributed by atoms with Gasteiger partial charge in [0.05, 0.1) is 0 Å². The van der Waals surface area contributed by atoms with Gasteiger partial charge in [0.1, 0.15) is 6.33 Å². The average Bonchev–Trinajstić information content (AvgIpc) is 2.91. The van der Waals surface area contributed by atoms with E-state index in [0.717, 1.165) is 11.1 Å². The zero-order valence-corrected chi connectivity index (χ0v) is 13.3. The lowest BCUT2D eigenvalue weighted by molar-refractivity contribution is 0.142. The van der Waals surface area contributed by atoms with Crippen molar-refractivity contribution < 1.29 is 0 Å². The van der Waals surface area contributed by atoms with Crippen molar-refractivity contribution in [2.24, 2.45) is 11.3 Å². The molecular formula is C14H26N4S. The van der Waals surface area contributed by atoms with Crippen molar-refractivity contribution in [3.63, 3.8) is 0 Å². The lowest BCUT2D eigenvalue weighted by atomic mass is 9.68. The molecule has 0 aliphatic heterocycles. The molecule has 0 spiro atoms. The molecule has 0 amide bonds. The number of nitrogens with zero attached hydrogens (tertiary/aromatic N) is 2. The van der Waals surface area contributed by atoms with Crippen LogP contribution in [-0.4, -0.2) is 33.5 Å². The summed E-state index contributed by atoms with van der Waals surface area (Å²) in [6, 6.07) is 0.582. The van der Waals surface area contributed by atoms with E-state index in [0.29, 0.717) is 16.7 Å². The number of hydrogen-bond donors (Lipinski definition) is 2. The van der Waals surface area contributed by atoms with E-state index in [1.165, 1.54) is 25.7 Å². The minimum Gasteiger partial charge on any atom is -0.316 e. The fraction of sp³-hybridized carbons (Fsp3) is 0.857. The van der Waals surface area contributed by atoms with Crippen molar-refractivity contribution in [2.75, 3.05) is 7.05 Å². The van der Waals surface area contributed by atoms with Gasteiger partial charge in [-0.1, -0.05) is 39.0 Å². The molecule has 1 aromatic rings. The number of aromatic amines is 1. The average molecular weight is 282 g/mol. The Bertz CT molecular complexity index is 377. The lowest BCUT2D eigenvalue weighted by Crippen LogP contribution is -2.43. The minimum absolute atomic E-state index is 0.443. The van der Waals surface area contributed by atoms with Crippen LogP contribution in [0, 0.1) is 11.3 Å². The molecule has 3 atom stereocenters. The van der Waals surface area contributed by atoms with Gasteiger partial charge in [0, 0.05) is 11.3 Å². The summed E-state index contributed by atoms with van der Waals surface area (Å²) in [5.41, 5.74) is 0.443. The monoisotopic (exact) mass is 282 g/mol. The SMILES string of the molecule is CCC(C)(C)C1CCC(NC)C(Sc2ncn[nH]2)C1. The van der Waals surface area contributed by atoms with Crippen LogP contribution in [0.3, 0.4) is 0 Å². The third-order valence-corrected chi connectivity index (χ3v) is 6.08. The minimum atomic E-state index is 0.443. The summed E-state index contributed by atoms with van der Waals surface area (Å²) in [6.07, 6.45) is 6.70. The molecule has 0 radical (unpaired) electrons. The Morgan fingerprint density at radius 2 is 2.26 bits per heavy atom. The Kier molecular flexibility index (Phi) is 4.90. The standard InChI is InChI=1S/C14H26N4S/c1-5-14(2,3)10-6-7-11(15-4)12(8-10)19-13-16-9-17-18-13/h9-12,15H,5-8H2,1-4H3,(H,16,17,18). The Morgan fingerprint density at radius 1 is 1.47 bits per heavy atom. The highest BCUT2D eigenvalue weighted by Gasteiger charge is 2.37. The van der Waals surface area contributed by atoms with Crippen molar-refractivity contribution in [3.8, 4) is 0 Å². The maximum absolute atomic E-state index is 4.25. The maximum atomic E-state index is 4.25. The molecular weight excluding hydrogens is 256 g/mol. The van der Waals surface area contributed by atoms with E-state index in [-0.39, 0.29) is 0 Å². The highest BCUT2D eigenvalue weighted by molar-refractivity contribution is 7.99. The second kappa shape index (κ2) is 6.27. The summed E-state index contributed by atoms with van der Waals surface area (Å²) in [5.74, 6) is 0.808. The first kappa shape index (κ1) is 14.9. The largest absolute Gasteiger partial charge is 0.316 e. The molecule has 0 saturated heterocycles. The molecule has 3 unspecified atom stereocenters. The Morgan fingerprint density at radius 3 is 2.84 bits per heavy atom. The molecule has 2 N–H and O–H groups in total. The number of aromatic nitrogens is 3. The summed E-state index contributed by atoms with van der Waals surface area (Å²) in [4.78, 5) is 4.25. The number of rotatable bonds is 5. The molecule has 19 heavy (non-hydrogen) atoms. The Balaban J connectivity index is 2.04. The number of nitrogens with one attached hydrogen (secondary N) is 2. The molecule has 4 nitrogen and oxygen atoms in total. The summed E-state index contributed by atoms with van der Waals surface area (Å²) < 4.78 is 0. The normalized spacial score (nSPS) is 28.5. The van der Waals surface area contributed by atoms with Gasteiger partial charge >= 0.3 is 0 Å². The second-order valence-corrected chi connectivity index (χ2v) is 7.42. The molecule has 1 fully saturated rings. The van der Waals surface area contributed by atoms with E-state index >= 15 is 0 Å². The molecule has 1 aliphatic rings. The Hall–Kier alpha value is -0.550. The van der Waals surface area contributed by atoms with E-state index in [9.17, 15) is 0 Å². The first-order chi connectivity index (χ1) is 9.06. The number of thioether (sulfide) groups is 1. The quantitative estimate of drug-likeness (QED) is 0.871. The van der Waals surface area contributed by atoms with Crippen LogP contribution in [0.2, 0.25) is 0 Å². The van der Waals surface area contributed by atoms with Gasteiger partial charge in [-0.05, 0) is 37.6 Å². The highest BCUT2D eigenvalue weighted by atomic mass is 32.2. The third kappa shape index (κ3) is 3.51. The van der Waals surface area contributed by atoms with Gasteiger partial charge in [-0.15, -0.1) is 0 Å². The van der Waals surface area contributed by atoms with E-state index in [2.05, 4.69) is 48.3 Å². The van der Waals surface area contributed by atoms with Gasteiger partial charge in [-0.3, -0.25) is 5.10 Å². The van der Waals surface area contributed by atoms with Gasteiger partial charge < -0.3 is 5.32 Å². The van der Waals surface area contributed by atoms with E-state index in [1.807, 2.05) is 11.8 Å². The molecule has 108 valence electrons. The predicted octanol–water partition coefficient (Wildman–Crippen LogP) is 3.09. The van der Waals surface area contributed by atoms with Crippen LogP contribution in [0.1, 0.15) is 46.5 Å². The van der Waals surface area contributed by atoms with Crippen LogP contribution < -0.4 is 5.32 Å². The third-order valence-electron chi connectivity index (χ3n) is 4.83. The van der Waals surface area contributed by atoms with Gasteiger partial charge in [0.25, 0.3) is 0 Å². The number of H-pyrrole nitrogens is 1. The zero-order chi connectivity index (χ0) is 13.9. The van der Waals surface area contributed by atoms with Crippen molar-refractivity contribution in [1.29, 1.82) is 0 Å². The maximum Gasteiger partial charge on any atom is 0.183 e. The topological polar surface area (TPSA) is 53.6 Å². The van der Waals surface area contributed by atoms with E-state index in [1.54, 1.807) is 6.33 Å². The first-order valence-corrected chi connectivity index (χ1v) is 8.14. The molecule has 0 aromatic carbocycles. The molecule has 5 heteroatoms.